The van der Waals surface area contributed by atoms with Gasteiger partial charge in [-0.05, 0) is 18.6 Å². The van der Waals surface area contributed by atoms with Crippen LogP contribution in [0, 0.1) is 0 Å². The van der Waals surface area contributed by atoms with E-state index in [0.717, 1.165) is 22.0 Å². The molecule has 2 aromatic rings. The smallest absolute Gasteiger partial charge is 0.210 e. The zero-order chi connectivity index (χ0) is 12.3. The van der Waals surface area contributed by atoms with Gasteiger partial charge in [-0.3, -0.25) is 4.79 Å². The lowest BCUT2D eigenvalue weighted by molar-refractivity contribution is -0.121. The predicted octanol–water partition coefficient (Wildman–Crippen LogP) is 4.05. The minimum atomic E-state index is -1.49. The van der Waals surface area contributed by atoms with Gasteiger partial charge in [-0.25, -0.2) is 9.37 Å². The van der Waals surface area contributed by atoms with E-state index in [4.69, 9.17) is 0 Å². The molecule has 0 aliphatic rings. The topological polar surface area (TPSA) is 30.0 Å². The molecule has 1 atom stereocenters. The van der Waals surface area contributed by atoms with Gasteiger partial charge in [0.25, 0.3) is 0 Å². The first-order valence-corrected chi connectivity index (χ1v) is 7.09. The lowest BCUT2D eigenvalue weighted by atomic mass is 10.2. The summed E-state index contributed by atoms with van der Waals surface area (Å²) in [5.74, 6) is -0.350. The fourth-order valence-corrected chi connectivity index (χ4v) is 3.41. The molecule has 1 heterocycles. The Bertz CT molecular complexity index is 493. The molecule has 0 saturated carbocycles. The lowest BCUT2D eigenvalue weighted by Gasteiger charge is -2.02. The Morgan fingerprint density at radius 1 is 1.53 bits per heavy atom. The molecule has 0 bridgehead atoms. The van der Waals surface area contributed by atoms with Crippen LogP contribution in [0.15, 0.2) is 28.6 Å². The molecule has 0 aliphatic carbocycles. The van der Waals surface area contributed by atoms with Gasteiger partial charge in [-0.15, -0.1) is 11.3 Å². The van der Waals surface area contributed by atoms with E-state index < -0.39 is 5.50 Å². The molecule has 0 fully saturated rings. The molecule has 2 rings (SSSR count). The summed E-state index contributed by atoms with van der Waals surface area (Å²) in [6.07, 6.45) is 0.971. The number of alkyl halides is 1. The van der Waals surface area contributed by atoms with E-state index in [2.05, 4.69) is 4.98 Å². The average Bonchev–Trinajstić information content (AvgIpc) is 2.71. The summed E-state index contributed by atoms with van der Waals surface area (Å²) in [6, 6.07) is 7.64. The molecule has 0 spiro atoms. The second-order valence-electron chi connectivity index (χ2n) is 3.60. The Hall–Kier alpha value is -0.940. The first-order valence-electron chi connectivity index (χ1n) is 5.39. The summed E-state index contributed by atoms with van der Waals surface area (Å²) in [7, 11) is 0. The number of para-hydroxylation sites is 1. The van der Waals surface area contributed by atoms with Gasteiger partial charge in [-0.2, -0.15) is 0 Å². The van der Waals surface area contributed by atoms with Gasteiger partial charge in [0.15, 0.2) is 10.1 Å². The van der Waals surface area contributed by atoms with Crippen molar-refractivity contribution in [2.45, 2.75) is 29.6 Å². The van der Waals surface area contributed by atoms with E-state index in [0.29, 0.717) is 17.2 Å². The number of carbonyl (C=O) groups is 1. The van der Waals surface area contributed by atoms with E-state index in [1.165, 1.54) is 11.3 Å². The standard InChI is InChI=1S/C12H12FNOS2/c1-2-5-9(15)11(13)17-12-14-8-6-3-4-7-10(8)16-12/h3-4,6-7,11H,2,5H2,1H3. The van der Waals surface area contributed by atoms with Crippen LogP contribution in [0.5, 0.6) is 0 Å². The minimum Gasteiger partial charge on any atom is -0.295 e. The molecule has 1 unspecified atom stereocenters. The fourth-order valence-electron chi connectivity index (χ4n) is 1.42. The molecular weight excluding hydrogens is 257 g/mol. The van der Waals surface area contributed by atoms with E-state index in [1.807, 2.05) is 31.2 Å². The Morgan fingerprint density at radius 3 is 3.00 bits per heavy atom. The SMILES string of the molecule is CCCC(=O)C(F)Sc1nc2ccccc2s1. The highest BCUT2D eigenvalue weighted by Crippen LogP contribution is 2.33. The number of hydrogen-bond donors (Lipinski definition) is 0. The third kappa shape index (κ3) is 3.04. The number of rotatable bonds is 5. The summed E-state index contributed by atoms with van der Waals surface area (Å²) in [5, 5.41) is 0. The van der Waals surface area contributed by atoms with Crippen molar-refractivity contribution in [2.24, 2.45) is 0 Å². The maximum absolute atomic E-state index is 13.6. The van der Waals surface area contributed by atoms with Crippen LogP contribution in [0.2, 0.25) is 0 Å². The maximum atomic E-state index is 13.6. The molecular formula is C12H12FNOS2. The van der Waals surface area contributed by atoms with Crippen LogP contribution in [0.25, 0.3) is 10.2 Å². The second kappa shape index (κ2) is 5.60. The number of nitrogens with zero attached hydrogens (tertiary/aromatic N) is 1. The van der Waals surface area contributed by atoms with E-state index in [-0.39, 0.29) is 5.78 Å². The third-order valence-corrected chi connectivity index (χ3v) is 4.36. The Kier molecular flexibility index (Phi) is 4.12. The minimum absolute atomic E-state index is 0.291. The number of hydrogen-bond acceptors (Lipinski definition) is 4. The van der Waals surface area contributed by atoms with Crippen LogP contribution in [0.1, 0.15) is 19.8 Å². The largest absolute Gasteiger partial charge is 0.295 e. The highest BCUT2D eigenvalue weighted by atomic mass is 32.2. The number of fused-ring (bicyclic) bond motifs is 1. The zero-order valence-electron chi connectivity index (χ0n) is 9.35. The van der Waals surface area contributed by atoms with Gasteiger partial charge < -0.3 is 0 Å². The van der Waals surface area contributed by atoms with E-state index >= 15 is 0 Å². The van der Waals surface area contributed by atoms with Crippen LogP contribution in [0.4, 0.5) is 4.39 Å². The van der Waals surface area contributed by atoms with Crippen molar-refractivity contribution in [3.63, 3.8) is 0 Å². The summed E-state index contributed by atoms with van der Waals surface area (Å²) < 4.78 is 15.2. The molecule has 0 aliphatic heterocycles. The van der Waals surface area contributed by atoms with Crippen LogP contribution < -0.4 is 0 Å². The molecule has 0 saturated heterocycles. The molecule has 0 radical (unpaired) electrons. The first-order chi connectivity index (χ1) is 8.20. The van der Waals surface area contributed by atoms with E-state index in [9.17, 15) is 9.18 Å². The van der Waals surface area contributed by atoms with Crippen molar-refractivity contribution in [1.82, 2.24) is 4.98 Å². The molecule has 1 aromatic heterocycles. The summed E-state index contributed by atoms with van der Waals surface area (Å²) in [4.78, 5) is 15.6. The van der Waals surface area contributed by atoms with Crippen LogP contribution in [-0.2, 0) is 4.79 Å². The fraction of sp³-hybridized carbons (Fsp3) is 0.333. The summed E-state index contributed by atoms with van der Waals surface area (Å²) in [5.41, 5.74) is -0.634. The number of thioether (sulfide) groups is 1. The van der Waals surface area contributed by atoms with Crippen molar-refractivity contribution in [3.8, 4) is 0 Å². The van der Waals surface area contributed by atoms with Gasteiger partial charge >= 0.3 is 0 Å². The monoisotopic (exact) mass is 269 g/mol. The van der Waals surface area contributed by atoms with Crippen LogP contribution >= 0.6 is 23.1 Å². The molecule has 0 N–H and O–H groups in total. The Morgan fingerprint density at radius 2 is 2.29 bits per heavy atom. The van der Waals surface area contributed by atoms with Gasteiger partial charge in [0.2, 0.25) is 5.50 Å². The average molecular weight is 269 g/mol. The molecule has 1 aromatic carbocycles. The summed E-state index contributed by atoms with van der Waals surface area (Å²) in [6.45, 7) is 1.87. The van der Waals surface area contributed by atoms with Crippen molar-refractivity contribution >= 4 is 39.1 Å². The third-order valence-electron chi connectivity index (χ3n) is 2.23. The van der Waals surface area contributed by atoms with E-state index in [1.54, 1.807) is 0 Å². The van der Waals surface area contributed by atoms with Crippen LogP contribution in [-0.4, -0.2) is 16.3 Å². The number of thiazole rings is 1. The van der Waals surface area contributed by atoms with Gasteiger partial charge in [0.05, 0.1) is 10.2 Å². The zero-order valence-corrected chi connectivity index (χ0v) is 11.0. The van der Waals surface area contributed by atoms with Gasteiger partial charge in [-0.1, -0.05) is 30.8 Å². The number of aromatic nitrogens is 1. The predicted molar refractivity (Wildman–Crippen MR) is 70.3 cm³/mol. The quantitative estimate of drug-likeness (QED) is 0.767. The van der Waals surface area contributed by atoms with Crippen molar-refractivity contribution in [2.75, 3.05) is 0 Å². The number of benzene rings is 1. The molecule has 90 valence electrons. The molecule has 17 heavy (non-hydrogen) atoms. The lowest BCUT2D eigenvalue weighted by Crippen LogP contribution is -2.10. The Labute approximate surface area is 107 Å². The van der Waals surface area contributed by atoms with Gasteiger partial charge in [0, 0.05) is 6.42 Å². The molecule has 5 heteroatoms. The number of carbonyl (C=O) groups excluding carboxylic acids is 1. The molecule has 0 amide bonds. The van der Waals surface area contributed by atoms with Crippen molar-refractivity contribution < 1.29 is 9.18 Å². The number of ketones is 1. The normalized spacial score (nSPS) is 12.8. The van der Waals surface area contributed by atoms with Crippen molar-refractivity contribution in [3.05, 3.63) is 24.3 Å². The highest BCUT2D eigenvalue weighted by molar-refractivity contribution is 8.02. The van der Waals surface area contributed by atoms with Crippen LogP contribution in [0.3, 0.4) is 0 Å². The maximum Gasteiger partial charge on any atom is 0.210 e. The molecule has 2 nitrogen and oxygen atoms in total. The second-order valence-corrected chi connectivity index (χ2v) is 5.92. The summed E-state index contributed by atoms with van der Waals surface area (Å²) >= 11 is 2.33. The Balaban J connectivity index is 2.10. The first kappa shape index (κ1) is 12.5. The van der Waals surface area contributed by atoms with Gasteiger partial charge in [0.1, 0.15) is 0 Å². The number of halogens is 1. The highest BCUT2D eigenvalue weighted by Gasteiger charge is 2.19. The number of Topliss-reactive ketones (excluding diaryl/α,β-unsaturated/α-hetero) is 1. The van der Waals surface area contributed by atoms with Crippen molar-refractivity contribution in [1.29, 1.82) is 0 Å².